The Kier molecular flexibility index (Phi) is 6.26. The van der Waals surface area contributed by atoms with Gasteiger partial charge in [-0.3, -0.25) is 9.69 Å². The summed E-state index contributed by atoms with van der Waals surface area (Å²) in [5, 5.41) is 0. The minimum absolute atomic E-state index is 0.0710. The van der Waals surface area contributed by atoms with Crippen molar-refractivity contribution in [1.82, 2.24) is 14.8 Å². The van der Waals surface area contributed by atoms with E-state index < -0.39 is 0 Å². The zero-order valence-corrected chi connectivity index (χ0v) is 15.3. The van der Waals surface area contributed by atoms with E-state index in [1.807, 2.05) is 4.90 Å². The number of ether oxygens (including phenoxy) is 2. The molecule has 6 nitrogen and oxygen atoms in total. The summed E-state index contributed by atoms with van der Waals surface area (Å²) in [4.78, 5) is 21.3. The van der Waals surface area contributed by atoms with Gasteiger partial charge < -0.3 is 14.4 Å². The van der Waals surface area contributed by atoms with Crippen LogP contribution in [0.1, 0.15) is 37.0 Å². The van der Waals surface area contributed by atoms with E-state index in [-0.39, 0.29) is 5.91 Å². The molecule has 1 amide bonds. The Morgan fingerprint density at radius 2 is 2.00 bits per heavy atom. The van der Waals surface area contributed by atoms with Gasteiger partial charge in [-0.15, -0.1) is 0 Å². The van der Waals surface area contributed by atoms with E-state index in [1.54, 1.807) is 18.3 Å². The molecular weight excluding hydrogens is 318 g/mol. The third-order valence-electron chi connectivity index (χ3n) is 5.12. The number of carbonyl (C=O) groups is 1. The van der Waals surface area contributed by atoms with Crippen molar-refractivity contribution in [2.24, 2.45) is 5.92 Å². The van der Waals surface area contributed by atoms with Crippen LogP contribution in [-0.4, -0.2) is 72.7 Å². The van der Waals surface area contributed by atoms with Gasteiger partial charge in [0.2, 0.25) is 5.88 Å². The fourth-order valence-corrected chi connectivity index (χ4v) is 3.36. The SMILES string of the molecule is CC(C)N1CCN(C(=O)c2ccnc(OCC3CCOCC3)c2)CC1. The fraction of sp³-hybridized carbons (Fsp3) is 0.684. The molecule has 0 bridgehead atoms. The summed E-state index contributed by atoms with van der Waals surface area (Å²) in [6, 6.07) is 4.08. The van der Waals surface area contributed by atoms with E-state index >= 15 is 0 Å². The van der Waals surface area contributed by atoms with E-state index in [4.69, 9.17) is 9.47 Å². The predicted octanol–water partition coefficient (Wildman–Crippen LogP) is 2.05. The summed E-state index contributed by atoms with van der Waals surface area (Å²) < 4.78 is 11.2. The number of piperazine rings is 1. The van der Waals surface area contributed by atoms with Gasteiger partial charge >= 0.3 is 0 Å². The topological polar surface area (TPSA) is 54.9 Å². The fourth-order valence-electron chi connectivity index (χ4n) is 3.36. The van der Waals surface area contributed by atoms with E-state index in [1.165, 1.54) is 0 Å². The van der Waals surface area contributed by atoms with Crippen molar-refractivity contribution < 1.29 is 14.3 Å². The van der Waals surface area contributed by atoms with Gasteiger partial charge in [0.15, 0.2) is 0 Å². The Balaban J connectivity index is 1.54. The van der Waals surface area contributed by atoms with Crippen molar-refractivity contribution in [3.63, 3.8) is 0 Å². The first-order chi connectivity index (χ1) is 12.1. The van der Waals surface area contributed by atoms with Crippen molar-refractivity contribution >= 4 is 5.91 Å². The van der Waals surface area contributed by atoms with Gasteiger partial charge in [-0.2, -0.15) is 0 Å². The number of amides is 1. The molecule has 138 valence electrons. The molecule has 3 rings (SSSR count). The smallest absolute Gasteiger partial charge is 0.254 e. The number of hydrogen-bond donors (Lipinski definition) is 0. The summed E-state index contributed by atoms with van der Waals surface area (Å²) >= 11 is 0. The molecular formula is C19H29N3O3. The van der Waals surface area contributed by atoms with Gasteiger partial charge in [-0.05, 0) is 38.7 Å². The molecule has 0 saturated carbocycles. The number of aromatic nitrogens is 1. The van der Waals surface area contributed by atoms with Crippen molar-refractivity contribution in [3.8, 4) is 5.88 Å². The number of pyridine rings is 1. The van der Waals surface area contributed by atoms with Crippen molar-refractivity contribution in [2.45, 2.75) is 32.7 Å². The molecule has 2 aliphatic heterocycles. The standard InChI is InChI=1S/C19H29N3O3/c1-15(2)21-7-9-22(10-8-21)19(23)17-3-6-20-18(13-17)25-14-16-4-11-24-12-5-16/h3,6,13,15-16H,4-5,7-12,14H2,1-2H3. The molecule has 0 aliphatic carbocycles. The van der Waals surface area contributed by atoms with Crippen molar-refractivity contribution in [1.29, 1.82) is 0 Å². The Morgan fingerprint density at radius 1 is 1.28 bits per heavy atom. The average molecular weight is 347 g/mol. The zero-order chi connectivity index (χ0) is 17.6. The Hall–Kier alpha value is -1.66. The highest BCUT2D eigenvalue weighted by Crippen LogP contribution is 2.18. The molecule has 25 heavy (non-hydrogen) atoms. The van der Waals surface area contributed by atoms with Gasteiger partial charge in [0, 0.05) is 63.3 Å². The number of rotatable bonds is 5. The Morgan fingerprint density at radius 3 is 2.68 bits per heavy atom. The number of nitrogens with zero attached hydrogens (tertiary/aromatic N) is 3. The molecule has 0 N–H and O–H groups in total. The minimum atomic E-state index is 0.0710. The minimum Gasteiger partial charge on any atom is -0.477 e. The molecule has 2 aliphatic rings. The summed E-state index contributed by atoms with van der Waals surface area (Å²) in [7, 11) is 0. The normalized spacial score (nSPS) is 20.0. The third kappa shape index (κ3) is 4.92. The lowest BCUT2D eigenvalue weighted by molar-refractivity contribution is 0.0489. The first kappa shape index (κ1) is 18.1. The van der Waals surface area contributed by atoms with Crippen LogP contribution in [0.25, 0.3) is 0 Å². The number of hydrogen-bond acceptors (Lipinski definition) is 5. The molecule has 1 aromatic rings. The van der Waals surface area contributed by atoms with E-state index in [2.05, 4.69) is 23.7 Å². The predicted molar refractivity (Wildman–Crippen MR) is 95.9 cm³/mol. The van der Waals surface area contributed by atoms with Crippen molar-refractivity contribution in [2.75, 3.05) is 46.0 Å². The van der Waals surface area contributed by atoms with Gasteiger partial charge in [0.25, 0.3) is 5.91 Å². The largest absolute Gasteiger partial charge is 0.477 e. The Bertz CT molecular complexity index is 565. The lowest BCUT2D eigenvalue weighted by Crippen LogP contribution is -2.50. The maximum Gasteiger partial charge on any atom is 0.254 e. The van der Waals surface area contributed by atoms with Gasteiger partial charge in [0.1, 0.15) is 0 Å². The van der Waals surface area contributed by atoms with Gasteiger partial charge in [-0.25, -0.2) is 4.98 Å². The van der Waals surface area contributed by atoms with Crippen LogP contribution in [-0.2, 0) is 4.74 Å². The van der Waals surface area contributed by atoms with Crippen LogP contribution < -0.4 is 4.74 Å². The first-order valence-electron chi connectivity index (χ1n) is 9.33. The monoisotopic (exact) mass is 347 g/mol. The van der Waals surface area contributed by atoms with Crippen LogP contribution in [0, 0.1) is 5.92 Å². The molecule has 0 unspecified atom stereocenters. The second-order valence-electron chi connectivity index (χ2n) is 7.17. The van der Waals surface area contributed by atoms with Crippen LogP contribution >= 0.6 is 0 Å². The molecule has 0 aromatic carbocycles. The van der Waals surface area contributed by atoms with E-state index in [9.17, 15) is 4.79 Å². The molecule has 3 heterocycles. The molecule has 0 atom stereocenters. The van der Waals surface area contributed by atoms with Crippen molar-refractivity contribution in [3.05, 3.63) is 23.9 Å². The highest BCUT2D eigenvalue weighted by Gasteiger charge is 2.23. The molecule has 6 heteroatoms. The van der Waals surface area contributed by atoms with E-state index in [0.717, 1.165) is 52.2 Å². The first-order valence-corrected chi connectivity index (χ1v) is 9.33. The maximum atomic E-state index is 12.7. The summed E-state index contributed by atoms with van der Waals surface area (Å²) in [5.74, 6) is 1.12. The average Bonchev–Trinajstić information content (AvgIpc) is 2.67. The van der Waals surface area contributed by atoms with Crippen LogP contribution in [0.5, 0.6) is 5.88 Å². The zero-order valence-electron chi connectivity index (χ0n) is 15.3. The molecule has 2 saturated heterocycles. The lowest BCUT2D eigenvalue weighted by atomic mass is 10.0. The molecule has 2 fully saturated rings. The summed E-state index contributed by atoms with van der Waals surface area (Å²) in [6.45, 7) is 10.1. The maximum absolute atomic E-state index is 12.7. The Labute approximate surface area is 150 Å². The lowest BCUT2D eigenvalue weighted by Gasteiger charge is -2.36. The van der Waals surface area contributed by atoms with Crippen LogP contribution in [0.3, 0.4) is 0 Å². The highest BCUT2D eigenvalue weighted by molar-refractivity contribution is 5.94. The van der Waals surface area contributed by atoms with E-state index in [0.29, 0.717) is 30.0 Å². The summed E-state index contributed by atoms with van der Waals surface area (Å²) in [5.41, 5.74) is 0.662. The van der Waals surface area contributed by atoms with Gasteiger partial charge in [0.05, 0.1) is 6.61 Å². The van der Waals surface area contributed by atoms with Crippen LogP contribution in [0.15, 0.2) is 18.3 Å². The number of carbonyl (C=O) groups excluding carboxylic acids is 1. The summed E-state index contributed by atoms with van der Waals surface area (Å²) in [6.07, 6.45) is 3.72. The molecule has 1 aromatic heterocycles. The van der Waals surface area contributed by atoms with Gasteiger partial charge in [-0.1, -0.05) is 0 Å². The third-order valence-corrected chi connectivity index (χ3v) is 5.12. The highest BCUT2D eigenvalue weighted by atomic mass is 16.5. The van der Waals surface area contributed by atoms with Crippen LogP contribution in [0.4, 0.5) is 0 Å². The second kappa shape index (κ2) is 8.63. The quantitative estimate of drug-likeness (QED) is 0.816. The molecule has 0 spiro atoms. The van der Waals surface area contributed by atoms with Crippen LogP contribution in [0.2, 0.25) is 0 Å². The molecule has 0 radical (unpaired) electrons. The second-order valence-corrected chi connectivity index (χ2v) is 7.17.